The monoisotopic (exact) mass is 337 g/mol. The van der Waals surface area contributed by atoms with E-state index in [9.17, 15) is 4.79 Å². The average Bonchev–Trinajstić information content (AvgIpc) is 3.18. The molecule has 0 radical (unpaired) electrons. The van der Waals surface area contributed by atoms with Crippen LogP contribution in [0.15, 0.2) is 30.6 Å². The number of hydrogen-bond acceptors (Lipinski definition) is 5. The number of ether oxygens (including phenoxy) is 1. The van der Waals surface area contributed by atoms with Crippen molar-refractivity contribution in [3.8, 4) is 23.0 Å². The van der Waals surface area contributed by atoms with Crippen LogP contribution in [0.2, 0.25) is 0 Å². The van der Waals surface area contributed by atoms with Crippen LogP contribution in [0.3, 0.4) is 0 Å². The van der Waals surface area contributed by atoms with Crippen molar-refractivity contribution in [1.82, 2.24) is 24.5 Å². The number of fused-ring (bicyclic) bond motifs is 3. The lowest BCUT2D eigenvalue weighted by atomic mass is 10.1. The van der Waals surface area contributed by atoms with Crippen molar-refractivity contribution < 1.29 is 9.53 Å². The molecule has 0 bridgehead atoms. The molecule has 128 valence electrons. The molecule has 0 unspecified atom stereocenters. The molecule has 0 fully saturated rings. The van der Waals surface area contributed by atoms with Crippen LogP contribution in [0, 0.1) is 0 Å². The second-order valence-corrected chi connectivity index (χ2v) is 6.39. The summed E-state index contributed by atoms with van der Waals surface area (Å²) in [5.74, 6) is 1.48. The molecule has 0 saturated carbocycles. The third-order valence-corrected chi connectivity index (χ3v) is 4.28. The predicted octanol–water partition coefficient (Wildman–Crippen LogP) is 2.85. The number of benzene rings is 1. The van der Waals surface area contributed by atoms with E-state index in [-0.39, 0.29) is 11.8 Å². The van der Waals surface area contributed by atoms with E-state index in [4.69, 9.17) is 9.84 Å². The highest BCUT2D eigenvalue weighted by atomic mass is 16.5. The molecule has 2 aromatic heterocycles. The zero-order valence-corrected chi connectivity index (χ0v) is 14.4. The number of carbonyl (C=O) groups excluding carboxylic acids is 1. The van der Waals surface area contributed by atoms with Gasteiger partial charge in [-0.15, -0.1) is 0 Å². The van der Waals surface area contributed by atoms with Gasteiger partial charge in [-0.2, -0.15) is 10.2 Å². The van der Waals surface area contributed by atoms with Gasteiger partial charge in [0.05, 0.1) is 6.61 Å². The van der Waals surface area contributed by atoms with Crippen LogP contribution in [0.1, 0.15) is 42.9 Å². The minimum absolute atomic E-state index is 0.0144. The molecule has 0 amide bonds. The molecule has 0 atom stereocenters. The molecule has 7 nitrogen and oxygen atoms in total. The van der Waals surface area contributed by atoms with Crippen molar-refractivity contribution in [2.24, 2.45) is 0 Å². The van der Waals surface area contributed by atoms with Crippen molar-refractivity contribution in [3.05, 3.63) is 41.9 Å². The van der Waals surface area contributed by atoms with Crippen molar-refractivity contribution in [2.45, 2.75) is 33.2 Å². The van der Waals surface area contributed by atoms with Crippen LogP contribution < -0.4 is 4.74 Å². The zero-order valence-electron chi connectivity index (χ0n) is 14.4. The molecule has 1 aromatic carbocycles. The highest BCUT2D eigenvalue weighted by Gasteiger charge is 2.21. The first-order valence-corrected chi connectivity index (χ1v) is 8.31. The van der Waals surface area contributed by atoms with E-state index < -0.39 is 0 Å². The van der Waals surface area contributed by atoms with Crippen LogP contribution in [-0.2, 0) is 6.42 Å². The fourth-order valence-electron chi connectivity index (χ4n) is 3.02. The summed E-state index contributed by atoms with van der Waals surface area (Å²) in [4.78, 5) is 16.1. The van der Waals surface area contributed by atoms with E-state index in [1.165, 1.54) is 0 Å². The number of rotatable bonds is 3. The molecule has 3 aromatic rings. The first-order chi connectivity index (χ1) is 12.0. The Labute approximate surface area is 145 Å². The van der Waals surface area contributed by atoms with Gasteiger partial charge in [-0.05, 0) is 45.0 Å². The lowest BCUT2D eigenvalue weighted by Gasteiger charge is -2.10. The van der Waals surface area contributed by atoms with E-state index in [1.807, 2.05) is 27.6 Å². The predicted molar refractivity (Wildman–Crippen MR) is 92.2 cm³/mol. The van der Waals surface area contributed by atoms with Crippen molar-refractivity contribution in [1.29, 1.82) is 0 Å². The summed E-state index contributed by atoms with van der Waals surface area (Å²) in [7, 11) is 0. The lowest BCUT2D eigenvalue weighted by molar-refractivity contribution is 0.101. The maximum atomic E-state index is 11.7. The van der Waals surface area contributed by atoms with Gasteiger partial charge in [-0.25, -0.2) is 14.3 Å². The van der Waals surface area contributed by atoms with E-state index in [0.29, 0.717) is 12.2 Å². The van der Waals surface area contributed by atoms with Gasteiger partial charge in [0.15, 0.2) is 11.6 Å². The number of ketones is 1. The molecule has 1 aliphatic rings. The summed E-state index contributed by atoms with van der Waals surface area (Å²) in [5.41, 5.74) is 3.20. The molecule has 0 saturated heterocycles. The number of aromatic nitrogens is 5. The largest absolute Gasteiger partial charge is 0.491 e. The van der Waals surface area contributed by atoms with Gasteiger partial charge in [0, 0.05) is 23.7 Å². The zero-order chi connectivity index (χ0) is 17.6. The standard InChI is InChI=1S/C18H19N5O2/c1-11(2)22-18(19-10-20-22)15-9-14-6-7-25-17-5-4-13(12(3)24)8-16(17)23(14)21-15/h4-5,8-11H,6-7H2,1-3H3. The maximum Gasteiger partial charge on any atom is 0.178 e. The molecule has 3 heterocycles. The van der Waals surface area contributed by atoms with Gasteiger partial charge >= 0.3 is 0 Å². The Morgan fingerprint density at radius 1 is 1.28 bits per heavy atom. The van der Waals surface area contributed by atoms with Gasteiger partial charge in [0.1, 0.15) is 23.5 Å². The van der Waals surface area contributed by atoms with Crippen LogP contribution in [0.25, 0.3) is 17.2 Å². The third kappa shape index (κ3) is 2.61. The highest BCUT2D eigenvalue weighted by Crippen LogP contribution is 2.30. The summed E-state index contributed by atoms with van der Waals surface area (Å²) in [5, 5.41) is 9.03. The Bertz CT molecular complexity index is 954. The van der Waals surface area contributed by atoms with Crippen molar-refractivity contribution >= 4 is 5.78 Å². The quantitative estimate of drug-likeness (QED) is 0.687. The number of nitrogens with zero attached hydrogens (tertiary/aromatic N) is 5. The molecular weight excluding hydrogens is 318 g/mol. The highest BCUT2D eigenvalue weighted by molar-refractivity contribution is 5.95. The molecule has 1 aliphatic heterocycles. The minimum Gasteiger partial charge on any atom is -0.491 e. The normalized spacial score (nSPS) is 13.1. The molecule has 0 spiro atoms. The van der Waals surface area contributed by atoms with E-state index in [2.05, 4.69) is 23.9 Å². The SMILES string of the molecule is CC(=O)c1ccc2c(c1)-n1nc(-c3ncnn3C(C)C)cc1CCO2. The summed E-state index contributed by atoms with van der Waals surface area (Å²) >= 11 is 0. The van der Waals surface area contributed by atoms with Gasteiger partial charge in [-0.3, -0.25) is 4.79 Å². The smallest absolute Gasteiger partial charge is 0.178 e. The van der Waals surface area contributed by atoms with Crippen molar-refractivity contribution in [2.75, 3.05) is 6.61 Å². The molecular formula is C18H19N5O2. The number of carbonyl (C=O) groups is 1. The topological polar surface area (TPSA) is 74.8 Å². The molecule has 0 N–H and O–H groups in total. The Morgan fingerprint density at radius 3 is 2.88 bits per heavy atom. The summed E-state index contributed by atoms with van der Waals surface area (Å²) in [6.45, 7) is 6.23. The first kappa shape index (κ1) is 15.6. The Morgan fingerprint density at radius 2 is 2.12 bits per heavy atom. The average molecular weight is 337 g/mol. The summed E-state index contributed by atoms with van der Waals surface area (Å²) in [6, 6.07) is 7.66. The van der Waals surface area contributed by atoms with Crippen LogP contribution in [0.5, 0.6) is 5.75 Å². The fraction of sp³-hybridized carbons (Fsp3) is 0.333. The molecule has 0 aliphatic carbocycles. The van der Waals surface area contributed by atoms with Gasteiger partial charge in [0.25, 0.3) is 0 Å². The Balaban J connectivity index is 1.87. The van der Waals surface area contributed by atoms with Crippen LogP contribution in [0.4, 0.5) is 0 Å². The fourth-order valence-corrected chi connectivity index (χ4v) is 3.02. The second-order valence-electron chi connectivity index (χ2n) is 6.39. The number of Topliss-reactive ketones (excluding diaryl/α,β-unsaturated/α-hetero) is 1. The molecule has 25 heavy (non-hydrogen) atoms. The Hall–Kier alpha value is -2.96. The van der Waals surface area contributed by atoms with E-state index >= 15 is 0 Å². The van der Waals surface area contributed by atoms with E-state index in [0.717, 1.165) is 35.1 Å². The third-order valence-electron chi connectivity index (χ3n) is 4.28. The maximum absolute atomic E-state index is 11.7. The summed E-state index contributed by atoms with van der Waals surface area (Å²) < 4.78 is 9.51. The van der Waals surface area contributed by atoms with Gasteiger partial charge in [0.2, 0.25) is 0 Å². The van der Waals surface area contributed by atoms with Gasteiger partial charge in [-0.1, -0.05) is 0 Å². The summed E-state index contributed by atoms with van der Waals surface area (Å²) in [6.07, 6.45) is 2.28. The lowest BCUT2D eigenvalue weighted by Crippen LogP contribution is -2.06. The van der Waals surface area contributed by atoms with E-state index in [1.54, 1.807) is 19.3 Å². The second kappa shape index (κ2) is 5.84. The van der Waals surface area contributed by atoms with Crippen LogP contribution >= 0.6 is 0 Å². The first-order valence-electron chi connectivity index (χ1n) is 8.31. The van der Waals surface area contributed by atoms with Gasteiger partial charge < -0.3 is 4.74 Å². The molecule has 7 heteroatoms. The Kier molecular flexibility index (Phi) is 3.63. The van der Waals surface area contributed by atoms with Crippen LogP contribution in [-0.4, -0.2) is 36.9 Å². The van der Waals surface area contributed by atoms with Crippen molar-refractivity contribution in [3.63, 3.8) is 0 Å². The minimum atomic E-state index is 0.0144. The molecule has 4 rings (SSSR count). The number of hydrogen-bond donors (Lipinski definition) is 0.